The third-order valence-corrected chi connectivity index (χ3v) is 4.94. The van der Waals surface area contributed by atoms with Gasteiger partial charge >= 0.3 is 0 Å². The van der Waals surface area contributed by atoms with Crippen molar-refractivity contribution in [2.45, 2.75) is 24.3 Å². The van der Waals surface area contributed by atoms with E-state index in [1.54, 1.807) is 13.8 Å². The lowest BCUT2D eigenvalue weighted by Gasteiger charge is -2.32. The zero-order valence-corrected chi connectivity index (χ0v) is 11.3. The normalized spacial score (nSPS) is 13.0. The van der Waals surface area contributed by atoms with Crippen molar-refractivity contribution >= 4 is 15.7 Å². The molecule has 0 saturated heterocycles. The number of benzene rings is 1. The molecule has 0 atom stereocenters. The minimum atomic E-state index is -4.01. The van der Waals surface area contributed by atoms with E-state index in [1.807, 2.05) is 0 Å². The van der Waals surface area contributed by atoms with Crippen LogP contribution >= 0.6 is 0 Å². The maximum Gasteiger partial charge on any atom is 0.246 e. The highest BCUT2D eigenvalue weighted by Crippen LogP contribution is 2.25. The molecule has 0 aliphatic carbocycles. The van der Waals surface area contributed by atoms with E-state index in [-0.39, 0.29) is 12.3 Å². The molecule has 0 amide bonds. The van der Waals surface area contributed by atoms with Crippen LogP contribution in [0, 0.1) is 5.82 Å². The van der Waals surface area contributed by atoms with E-state index in [0.717, 1.165) is 16.4 Å². The molecule has 5 nitrogen and oxygen atoms in total. The molecule has 0 fully saturated rings. The van der Waals surface area contributed by atoms with Crippen molar-refractivity contribution in [3.8, 4) is 0 Å². The largest absolute Gasteiger partial charge is 0.399 e. The molecular formula is C11H17FN2O3S. The van der Waals surface area contributed by atoms with Gasteiger partial charge in [-0.1, -0.05) is 0 Å². The molecule has 0 aliphatic heterocycles. The molecule has 0 aliphatic rings. The summed E-state index contributed by atoms with van der Waals surface area (Å²) in [6, 6.07) is 3.38. The minimum Gasteiger partial charge on any atom is -0.399 e. The van der Waals surface area contributed by atoms with Gasteiger partial charge in [-0.05, 0) is 32.0 Å². The van der Waals surface area contributed by atoms with Crippen LogP contribution in [0.4, 0.5) is 10.1 Å². The van der Waals surface area contributed by atoms with Gasteiger partial charge in [0.1, 0.15) is 10.7 Å². The summed E-state index contributed by atoms with van der Waals surface area (Å²) in [5.41, 5.74) is 4.50. The van der Waals surface area contributed by atoms with Crippen LogP contribution in [0.25, 0.3) is 0 Å². The van der Waals surface area contributed by atoms with Gasteiger partial charge in [-0.3, -0.25) is 0 Å². The Balaban J connectivity index is 3.30. The highest BCUT2D eigenvalue weighted by Gasteiger charge is 2.35. The average Bonchev–Trinajstić information content (AvgIpc) is 2.27. The first-order valence-corrected chi connectivity index (χ1v) is 6.72. The Morgan fingerprint density at radius 3 is 2.44 bits per heavy atom. The van der Waals surface area contributed by atoms with E-state index in [2.05, 4.69) is 0 Å². The summed E-state index contributed by atoms with van der Waals surface area (Å²) in [5, 5.41) is 9.17. The van der Waals surface area contributed by atoms with Crippen LogP contribution in [-0.2, 0) is 10.0 Å². The van der Waals surface area contributed by atoms with Crippen LogP contribution < -0.4 is 5.73 Å². The molecule has 3 N–H and O–H groups in total. The molecule has 18 heavy (non-hydrogen) atoms. The van der Waals surface area contributed by atoms with Crippen LogP contribution in [-0.4, -0.2) is 37.0 Å². The molecule has 0 saturated carbocycles. The Hall–Kier alpha value is -1.18. The maximum absolute atomic E-state index is 13.7. The van der Waals surface area contributed by atoms with Crippen molar-refractivity contribution in [2.24, 2.45) is 0 Å². The van der Waals surface area contributed by atoms with Gasteiger partial charge in [0.25, 0.3) is 0 Å². The number of sulfonamides is 1. The van der Waals surface area contributed by atoms with Crippen molar-refractivity contribution in [1.29, 1.82) is 0 Å². The number of halogens is 1. The van der Waals surface area contributed by atoms with Gasteiger partial charge in [0, 0.05) is 12.7 Å². The number of hydrogen-bond donors (Lipinski definition) is 2. The zero-order chi connectivity index (χ0) is 14.1. The molecule has 1 rings (SSSR count). The molecule has 0 heterocycles. The van der Waals surface area contributed by atoms with E-state index in [0.29, 0.717) is 0 Å². The molecular weight excluding hydrogens is 259 g/mol. The predicted octanol–water partition coefficient (Wildman–Crippen LogP) is 0.799. The first-order valence-electron chi connectivity index (χ1n) is 5.28. The standard InChI is InChI=1S/C11H17FN2O3S/c1-11(2,7-15)14(3)18(16,17)10-5-4-8(13)6-9(10)12/h4-6,15H,7,13H2,1-3H3. The summed E-state index contributed by atoms with van der Waals surface area (Å²) in [6.07, 6.45) is 0. The number of rotatable bonds is 4. The van der Waals surface area contributed by atoms with Crippen LogP contribution in [0.2, 0.25) is 0 Å². The summed E-state index contributed by atoms with van der Waals surface area (Å²) in [7, 11) is -2.72. The van der Waals surface area contributed by atoms with Gasteiger partial charge in [-0.15, -0.1) is 0 Å². The molecule has 7 heteroatoms. The summed E-state index contributed by atoms with van der Waals surface area (Å²) in [4.78, 5) is -0.458. The maximum atomic E-state index is 13.7. The third kappa shape index (κ3) is 2.63. The highest BCUT2D eigenvalue weighted by molar-refractivity contribution is 7.89. The highest BCUT2D eigenvalue weighted by atomic mass is 32.2. The molecule has 102 valence electrons. The second-order valence-electron chi connectivity index (χ2n) is 4.63. The number of nitrogens with two attached hydrogens (primary N) is 1. The average molecular weight is 276 g/mol. The van der Waals surface area contributed by atoms with Gasteiger partial charge in [-0.25, -0.2) is 12.8 Å². The van der Waals surface area contributed by atoms with E-state index >= 15 is 0 Å². The lowest BCUT2D eigenvalue weighted by atomic mass is 10.1. The van der Waals surface area contributed by atoms with Crippen molar-refractivity contribution < 1.29 is 17.9 Å². The number of aliphatic hydroxyl groups is 1. The van der Waals surface area contributed by atoms with Crippen molar-refractivity contribution in [2.75, 3.05) is 19.4 Å². The van der Waals surface area contributed by atoms with Gasteiger partial charge in [-0.2, -0.15) is 4.31 Å². The lowest BCUT2D eigenvalue weighted by molar-refractivity contribution is 0.137. The molecule has 0 bridgehead atoms. The first kappa shape index (κ1) is 14.9. The summed E-state index contributed by atoms with van der Waals surface area (Å²) in [6.45, 7) is 2.71. The summed E-state index contributed by atoms with van der Waals surface area (Å²) < 4.78 is 39.0. The second kappa shape index (κ2) is 4.83. The van der Waals surface area contributed by atoms with Crippen LogP contribution in [0.5, 0.6) is 0 Å². The molecule has 1 aromatic rings. The zero-order valence-electron chi connectivity index (χ0n) is 10.5. The van der Waals surface area contributed by atoms with Crippen LogP contribution in [0.1, 0.15) is 13.8 Å². The van der Waals surface area contributed by atoms with E-state index in [1.165, 1.54) is 13.1 Å². The summed E-state index contributed by atoms with van der Waals surface area (Å²) >= 11 is 0. The second-order valence-corrected chi connectivity index (χ2v) is 6.57. The number of anilines is 1. The molecule has 0 radical (unpaired) electrons. The number of nitrogens with zero attached hydrogens (tertiary/aromatic N) is 1. The Morgan fingerprint density at radius 1 is 1.44 bits per heavy atom. The first-order chi connectivity index (χ1) is 8.13. The van der Waals surface area contributed by atoms with Gasteiger partial charge < -0.3 is 10.8 Å². The number of hydrogen-bond acceptors (Lipinski definition) is 4. The Morgan fingerprint density at radius 2 is 2.00 bits per heavy atom. The van der Waals surface area contributed by atoms with E-state index in [9.17, 15) is 12.8 Å². The van der Waals surface area contributed by atoms with Crippen LogP contribution in [0.3, 0.4) is 0 Å². The van der Waals surface area contributed by atoms with Gasteiger partial charge in [0.05, 0.1) is 12.1 Å². The van der Waals surface area contributed by atoms with Crippen LogP contribution in [0.15, 0.2) is 23.1 Å². The molecule has 1 aromatic carbocycles. The number of nitrogen functional groups attached to an aromatic ring is 1. The van der Waals surface area contributed by atoms with E-state index < -0.39 is 26.3 Å². The number of aliphatic hydroxyl groups excluding tert-OH is 1. The topological polar surface area (TPSA) is 83.6 Å². The quantitative estimate of drug-likeness (QED) is 0.797. The molecule has 0 spiro atoms. The minimum absolute atomic E-state index is 0.149. The predicted molar refractivity (Wildman–Crippen MR) is 66.9 cm³/mol. The smallest absolute Gasteiger partial charge is 0.246 e. The summed E-state index contributed by atoms with van der Waals surface area (Å²) in [5.74, 6) is -0.907. The number of likely N-dealkylation sites (N-methyl/N-ethyl adjacent to an activating group) is 1. The monoisotopic (exact) mass is 276 g/mol. The van der Waals surface area contributed by atoms with Gasteiger partial charge in [0.15, 0.2) is 0 Å². The Labute approximate surface area is 106 Å². The van der Waals surface area contributed by atoms with Crippen molar-refractivity contribution in [1.82, 2.24) is 4.31 Å². The molecule has 0 aromatic heterocycles. The molecule has 0 unspecified atom stereocenters. The Kier molecular flexibility index (Phi) is 3.99. The fourth-order valence-electron chi connectivity index (χ4n) is 1.30. The fraction of sp³-hybridized carbons (Fsp3) is 0.455. The van der Waals surface area contributed by atoms with E-state index in [4.69, 9.17) is 10.8 Å². The SMILES string of the molecule is CN(C(C)(C)CO)S(=O)(=O)c1ccc(N)cc1F. The fourth-order valence-corrected chi connectivity index (χ4v) is 2.85. The third-order valence-electron chi connectivity index (χ3n) is 2.83. The van der Waals surface area contributed by atoms with Crippen molar-refractivity contribution in [3.63, 3.8) is 0 Å². The Bertz CT molecular complexity index is 543. The van der Waals surface area contributed by atoms with Gasteiger partial charge in [0.2, 0.25) is 10.0 Å². The lowest BCUT2D eigenvalue weighted by Crippen LogP contribution is -2.47. The van der Waals surface area contributed by atoms with Crippen molar-refractivity contribution in [3.05, 3.63) is 24.0 Å².